The lowest BCUT2D eigenvalue weighted by molar-refractivity contribution is 0.166. The first kappa shape index (κ1) is 14.1. The third-order valence-electron chi connectivity index (χ3n) is 3.93. The van der Waals surface area contributed by atoms with E-state index >= 15 is 0 Å². The third kappa shape index (κ3) is 3.41. The summed E-state index contributed by atoms with van der Waals surface area (Å²) in [5.41, 5.74) is 5.37. The average Bonchev–Trinajstić information content (AvgIpc) is 3.00. The Bertz CT molecular complexity index is 619. The molecule has 0 amide bonds. The van der Waals surface area contributed by atoms with Crippen LogP contribution in [0.4, 0.5) is 0 Å². The number of hydrogen-bond acceptors (Lipinski definition) is 2. The molecular formula is C19H21NO. The molecule has 0 heterocycles. The summed E-state index contributed by atoms with van der Waals surface area (Å²) in [5, 5.41) is 3.60. The maximum Gasteiger partial charge on any atom is 0.0657 e. The SMILES string of the molecule is COC[C@H](NCc1ccc2c(c1)C=CC2)c1ccccc1. The highest BCUT2D eigenvalue weighted by molar-refractivity contribution is 5.60. The molecule has 3 rings (SSSR count). The Morgan fingerprint density at radius 3 is 2.81 bits per heavy atom. The first-order valence-corrected chi connectivity index (χ1v) is 7.42. The standard InChI is InChI=1S/C19H21NO/c1-21-14-19(17-6-3-2-4-7-17)20-13-15-10-11-16-8-5-9-18(16)12-15/h2-7,9-12,19-20H,8,13-14H2,1H3/t19-/m0/s1. The van der Waals surface area contributed by atoms with Gasteiger partial charge in [-0.2, -0.15) is 0 Å². The van der Waals surface area contributed by atoms with Crippen LogP contribution in [-0.4, -0.2) is 13.7 Å². The molecule has 2 nitrogen and oxygen atoms in total. The van der Waals surface area contributed by atoms with Gasteiger partial charge < -0.3 is 10.1 Å². The van der Waals surface area contributed by atoms with Crippen LogP contribution in [-0.2, 0) is 17.7 Å². The zero-order chi connectivity index (χ0) is 14.5. The topological polar surface area (TPSA) is 21.3 Å². The Morgan fingerprint density at radius 1 is 1.14 bits per heavy atom. The van der Waals surface area contributed by atoms with Crippen molar-refractivity contribution in [2.75, 3.05) is 13.7 Å². The quantitative estimate of drug-likeness (QED) is 0.870. The first-order chi connectivity index (χ1) is 10.4. The molecule has 1 atom stereocenters. The van der Waals surface area contributed by atoms with E-state index in [-0.39, 0.29) is 6.04 Å². The monoisotopic (exact) mass is 279 g/mol. The van der Waals surface area contributed by atoms with Crippen LogP contribution in [0.25, 0.3) is 6.08 Å². The highest BCUT2D eigenvalue weighted by Gasteiger charge is 2.11. The molecule has 108 valence electrons. The molecule has 0 aromatic heterocycles. The molecule has 1 aliphatic carbocycles. The summed E-state index contributed by atoms with van der Waals surface area (Å²) >= 11 is 0. The molecule has 2 heteroatoms. The Kier molecular flexibility index (Phi) is 4.49. The highest BCUT2D eigenvalue weighted by Crippen LogP contribution is 2.21. The van der Waals surface area contributed by atoms with E-state index in [1.54, 1.807) is 7.11 Å². The van der Waals surface area contributed by atoms with E-state index in [1.165, 1.54) is 22.3 Å². The Balaban J connectivity index is 1.68. The number of allylic oxidation sites excluding steroid dienone is 1. The van der Waals surface area contributed by atoms with Gasteiger partial charge in [-0.3, -0.25) is 0 Å². The fourth-order valence-corrected chi connectivity index (χ4v) is 2.77. The van der Waals surface area contributed by atoms with E-state index in [1.807, 2.05) is 6.07 Å². The van der Waals surface area contributed by atoms with Gasteiger partial charge in [0.1, 0.15) is 0 Å². The minimum Gasteiger partial charge on any atom is -0.383 e. The van der Waals surface area contributed by atoms with E-state index in [9.17, 15) is 0 Å². The molecule has 0 radical (unpaired) electrons. The summed E-state index contributed by atoms with van der Waals surface area (Å²) in [6.45, 7) is 1.53. The number of benzene rings is 2. The van der Waals surface area contributed by atoms with Crippen LogP contribution in [0.2, 0.25) is 0 Å². The number of fused-ring (bicyclic) bond motifs is 1. The zero-order valence-corrected chi connectivity index (χ0v) is 12.4. The summed E-state index contributed by atoms with van der Waals surface area (Å²) < 4.78 is 5.35. The average molecular weight is 279 g/mol. The summed E-state index contributed by atoms with van der Waals surface area (Å²) in [5.74, 6) is 0. The summed E-state index contributed by atoms with van der Waals surface area (Å²) in [6, 6.07) is 17.4. The molecule has 1 N–H and O–H groups in total. The third-order valence-corrected chi connectivity index (χ3v) is 3.93. The number of rotatable bonds is 6. The van der Waals surface area contributed by atoms with Crippen LogP contribution in [0, 0.1) is 0 Å². The van der Waals surface area contributed by atoms with Crippen LogP contribution in [0.15, 0.2) is 54.6 Å². The molecule has 0 saturated heterocycles. The van der Waals surface area contributed by atoms with Crippen molar-refractivity contribution in [1.29, 1.82) is 0 Å². The van der Waals surface area contributed by atoms with Gasteiger partial charge in [0.05, 0.1) is 12.6 Å². The molecule has 0 spiro atoms. The fraction of sp³-hybridized carbons (Fsp3) is 0.263. The van der Waals surface area contributed by atoms with Gasteiger partial charge in [0.15, 0.2) is 0 Å². The van der Waals surface area contributed by atoms with Crippen LogP contribution < -0.4 is 5.32 Å². The summed E-state index contributed by atoms with van der Waals surface area (Å²) in [7, 11) is 1.75. The lowest BCUT2D eigenvalue weighted by atomic mass is 10.0. The Labute approximate surface area is 126 Å². The summed E-state index contributed by atoms with van der Waals surface area (Å²) in [4.78, 5) is 0. The van der Waals surface area contributed by atoms with Gasteiger partial charge in [0, 0.05) is 13.7 Å². The van der Waals surface area contributed by atoms with E-state index < -0.39 is 0 Å². The van der Waals surface area contributed by atoms with Gasteiger partial charge in [-0.05, 0) is 28.7 Å². The predicted octanol–water partition coefficient (Wildman–Crippen LogP) is 3.73. The van der Waals surface area contributed by atoms with E-state index in [4.69, 9.17) is 4.74 Å². The fourth-order valence-electron chi connectivity index (χ4n) is 2.77. The van der Waals surface area contributed by atoms with Crippen LogP contribution >= 0.6 is 0 Å². The maximum absolute atomic E-state index is 5.35. The molecule has 2 aromatic carbocycles. The smallest absolute Gasteiger partial charge is 0.0657 e. The largest absolute Gasteiger partial charge is 0.383 e. The Hall–Kier alpha value is -1.90. The number of methoxy groups -OCH3 is 1. The van der Waals surface area contributed by atoms with Crippen LogP contribution in [0.1, 0.15) is 28.3 Å². The van der Waals surface area contributed by atoms with Crippen molar-refractivity contribution < 1.29 is 4.74 Å². The van der Waals surface area contributed by atoms with Crippen molar-refractivity contribution in [3.05, 3.63) is 76.9 Å². The van der Waals surface area contributed by atoms with Crippen LogP contribution in [0.3, 0.4) is 0 Å². The lowest BCUT2D eigenvalue weighted by Gasteiger charge is -2.18. The molecule has 21 heavy (non-hydrogen) atoms. The van der Waals surface area contributed by atoms with Gasteiger partial charge in [0.2, 0.25) is 0 Å². The van der Waals surface area contributed by atoms with Gasteiger partial charge in [-0.15, -0.1) is 0 Å². The van der Waals surface area contributed by atoms with E-state index in [0.717, 1.165) is 13.0 Å². The van der Waals surface area contributed by atoms with Gasteiger partial charge in [-0.25, -0.2) is 0 Å². The zero-order valence-electron chi connectivity index (χ0n) is 12.4. The highest BCUT2D eigenvalue weighted by atomic mass is 16.5. The minimum atomic E-state index is 0.222. The second kappa shape index (κ2) is 6.70. The second-order valence-corrected chi connectivity index (χ2v) is 5.44. The molecular weight excluding hydrogens is 258 g/mol. The van der Waals surface area contributed by atoms with Crippen molar-refractivity contribution in [3.63, 3.8) is 0 Å². The van der Waals surface area contributed by atoms with E-state index in [0.29, 0.717) is 6.61 Å². The normalized spacial score (nSPS) is 14.1. The summed E-state index contributed by atoms with van der Waals surface area (Å²) in [6.07, 6.45) is 5.50. The molecule has 0 saturated carbocycles. The predicted molar refractivity (Wildman–Crippen MR) is 87.1 cm³/mol. The molecule has 0 aliphatic heterocycles. The van der Waals surface area contributed by atoms with Crippen molar-refractivity contribution in [2.24, 2.45) is 0 Å². The van der Waals surface area contributed by atoms with Crippen molar-refractivity contribution in [2.45, 2.75) is 19.0 Å². The molecule has 2 aromatic rings. The minimum absolute atomic E-state index is 0.222. The molecule has 0 fully saturated rings. The van der Waals surface area contributed by atoms with Crippen LogP contribution in [0.5, 0.6) is 0 Å². The van der Waals surface area contributed by atoms with E-state index in [2.05, 4.69) is 59.9 Å². The number of hydrogen-bond donors (Lipinski definition) is 1. The van der Waals surface area contributed by atoms with Crippen molar-refractivity contribution >= 4 is 6.08 Å². The van der Waals surface area contributed by atoms with Gasteiger partial charge in [0.25, 0.3) is 0 Å². The number of nitrogens with one attached hydrogen (secondary N) is 1. The lowest BCUT2D eigenvalue weighted by Crippen LogP contribution is -2.24. The van der Waals surface area contributed by atoms with Crippen molar-refractivity contribution in [3.8, 4) is 0 Å². The molecule has 0 unspecified atom stereocenters. The van der Waals surface area contributed by atoms with Crippen molar-refractivity contribution in [1.82, 2.24) is 5.32 Å². The van der Waals surface area contributed by atoms with Gasteiger partial charge in [-0.1, -0.05) is 60.7 Å². The van der Waals surface area contributed by atoms with Gasteiger partial charge >= 0.3 is 0 Å². The maximum atomic E-state index is 5.35. The second-order valence-electron chi connectivity index (χ2n) is 5.44. The first-order valence-electron chi connectivity index (χ1n) is 7.42. The molecule has 1 aliphatic rings. The molecule has 0 bridgehead atoms. The number of ether oxygens (including phenoxy) is 1. The Morgan fingerprint density at radius 2 is 2.00 bits per heavy atom.